The summed E-state index contributed by atoms with van der Waals surface area (Å²) in [7, 11) is 0. The number of H-pyrrole nitrogens is 1. The van der Waals surface area contributed by atoms with Gasteiger partial charge in [-0.3, -0.25) is 19.1 Å². The Morgan fingerprint density at radius 1 is 1.48 bits per heavy atom. The highest BCUT2D eigenvalue weighted by atomic mass is 32.1. The molecule has 1 aromatic heterocycles. The molecule has 1 aliphatic rings. The van der Waals surface area contributed by atoms with Gasteiger partial charge in [-0.1, -0.05) is 0 Å². The minimum absolute atomic E-state index is 0.458. The second-order valence-corrected chi connectivity index (χ2v) is 5.71. The molecule has 13 heteroatoms. The zero-order valence-electron chi connectivity index (χ0n) is 12.4. The predicted molar refractivity (Wildman–Crippen MR) is 77.3 cm³/mol. The Morgan fingerprint density at radius 3 is 2.52 bits per heavy atom. The number of halogens is 3. The number of alkyl halides is 3. The molecule has 0 saturated carbocycles. The van der Waals surface area contributed by atoms with E-state index in [2.05, 4.69) is 0 Å². The summed E-state index contributed by atoms with van der Waals surface area (Å²) in [5, 5.41) is 29.3. The van der Waals surface area contributed by atoms with Crippen molar-refractivity contribution < 1.29 is 38.0 Å². The van der Waals surface area contributed by atoms with Crippen molar-refractivity contribution >= 4 is 18.0 Å². The van der Waals surface area contributed by atoms with Crippen LogP contribution in [-0.4, -0.2) is 68.3 Å². The molecule has 0 spiro atoms. The van der Waals surface area contributed by atoms with Crippen molar-refractivity contribution in [1.82, 2.24) is 9.55 Å². The number of aromatic amines is 1. The van der Waals surface area contributed by atoms with Gasteiger partial charge in [0.1, 0.15) is 23.9 Å². The predicted octanol–water partition coefficient (Wildman–Crippen LogP) is -1.62. The molecular weight excluding hydrogens is 371 g/mol. The fourth-order valence-corrected chi connectivity index (χ4v) is 2.85. The van der Waals surface area contributed by atoms with Crippen LogP contribution in [0.5, 0.6) is 0 Å². The molecule has 0 aliphatic carbocycles. The van der Waals surface area contributed by atoms with E-state index in [0.29, 0.717) is 10.8 Å². The number of Topliss-reactive ketones (excluding diaryl/α,β-unsaturated/α-hetero) is 1. The van der Waals surface area contributed by atoms with Crippen molar-refractivity contribution in [3.63, 3.8) is 0 Å². The molecule has 0 unspecified atom stereocenters. The van der Waals surface area contributed by atoms with E-state index in [0.717, 1.165) is 0 Å². The Kier molecular flexibility index (Phi) is 5.18. The summed E-state index contributed by atoms with van der Waals surface area (Å²) in [5.41, 5.74) is 0.771. The topological polar surface area (TPSA) is 151 Å². The fourth-order valence-electron chi connectivity index (χ4n) is 2.55. The molecule has 0 radical (unpaired) electrons. The molecule has 1 fully saturated rings. The van der Waals surface area contributed by atoms with Crippen molar-refractivity contribution in [2.75, 3.05) is 13.2 Å². The molecule has 1 aromatic rings. The van der Waals surface area contributed by atoms with E-state index < -0.39 is 65.0 Å². The monoisotopic (exact) mass is 385 g/mol. The summed E-state index contributed by atoms with van der Waals surface area (Å²) in [6, 6.07) is 0. The largest absolute Gasteiger partial charge is 0.455 e. The van der Waals surface area contributed by atoms with E-state index in [4.69, 9.17) is 27.8 Å². The number of nitrogens with zero attached hydrogens (tertiary/aromatic N) is 1. The summed E-state index contributed by atoms with van der Waals surface area (Å²) in [6.07, 6.45) is -9.62. The molecular formula is C12H14F3N3O6S. The van der Waals surface area contributed by atoms with Crippen LogP contribution in [0.1, 0.15) is 10.4 Å². The zero-order chi connectivity index (χ0) is 19.2. The van der Waals surface area contributed by atoms with E-state index in [1.807, 2.05) is 4.98 Å². The Bertz CT molecular complexity index is 794. The Hall–Kier alpha value is -1.64. The van der Waals surface area contributed by atoms with Crippen molar-refractivity contribution in [3.05, 3.63) is 26.9 Å². The highest BCUT2D eigenvalue weighted by molar-refractivity contribution is 7.71. The van der Waals surface area contributed by atoms with Gasteiger partial charge in [-0.15, -0.1) is 0 Å². The van der Waals surface area contributed by atoms with Gasteiger partial charge in [-0.05, 0) is 12.2 Å². The molecule has 140 valence electrons. The van der Waals surface area contributed by atoms with Gasteiger partial charge in [0.2, 0.25) is 0 Å². The third-order valence-corrected chi connectivity index (χ3v) is 4.15. The van der Waals surface area contributed by atoms with Crippen LogP contribution in [0.25, 0.3) is 0 Å². The van der Waals surface area contributed by atoms with E-state index in [1.165, 1.54) is 0 Å². The van der Waals surface area contributed by atoms with Crippen molar-refractivity contribution in [2.24, 2.45) is 5.73 Å². The second-order valence-electron chi connectivity index (χ2n) is 5.32. The van der Waals surface area contributed by atoms with Gasteiger partial charge in [0.25, 0.3) is 11.3 Å². The van der Waals surface area contributed by atoms with Crippen LogP contribution < -0.4 is 11.3 Å². The summed E-state index contributed by atoms with van der Waals surface area (Å²) in [5.74, 6) is -2.43. The quantitative estimate of drug-likeness (QED) is 0.306. The highest BCUT2D eigenvalue weighted by Crippen LogP contribution is 2.35. The minimum Gasteiger partial charge on any atom is -0.394 e. The van der Waals surface area contributed by atoms with Crippen LogP contribution in [0, 0.1) is 4.77 Å². The Labute approximate surface area is 142 Å². The maximum absolute atomic E-state index is 12.6. The second kappa shape index (κ2) is 6.59. The van der Waals surface area contributed by atoms with Gasteiger partial charge in [-0.25, -0.2) is 0 Å². The number of nitrogens with one attached hydrogen (secondary N) is 1. The number of aromatic nitrogens is 2. The van der Waals surface area contributed by atoms with Crippen LogP contribution in [0.15, 0.2) is 11.0 Å². The Balaban J connectivity index is 2.68. The molecule has 0 aromatic carbocycles. The maximum atomic E-state index is 12.6. The molecule has 2 rings (SSSR count). The smallest absolute Gasteiger partial charge is 0.394 e. The fraction of sp³-hybridized carbons (Fsp3) is 0.583. The number of hydrogen-bond donors (Lipinski definition) is 5. The van der Waals surface area contributed by atoms with Crippen LogP contribution >= 0.6 is 12.2 Å². The summed E-state index contributed by atoms with van der Waals surface area (Å²) in [4.78, 5) is 25.0. The molecule has 9 nitrogen and oxygen atoms in total. The lowest BCUT2D eigenvalue weighted by atomic mass is 10.0. The van der Waals surface area contributed by atoms with Crippen molar-refractivity contribution in [3.8, 4) is 0 Å². The lowest BCUT2D eigenvalue weighted by Gasteiger charge is -2.33. The first-order valence-corrected chi connectivity index (χ1v) is 7.23. The van der Waals surface area contributed by atoms with Gasteiger partial charge in [0.05, 0.1) is 6.61 Å². The van der Waals surface area contributed by atoms with E-state index in [9.17, 15) is 33.0 Å². The highest BCUT2D eigenvalue weighted by Gasteiger charge is 2.55. The summed E-state index contributed by atoms with van der Waals surface area (Å²) >= 11 is 4.84. The number of aliphatic hydroxyl groups excluding tert-OH is 3. The SMILES string of the molecule is NC[C@@]1(n2cc(C(=O)C(F)(F)F)c(=O)[nH]c2=S)O[C@H](CO)[C@@H](O)[C@H]1O. The van der Waals surface area contributed by atoms with Crippen LogP contribution in [0.2, 0.25) is 0 Å². The number of ether oxygens (including phenoxy) is 1. The van der Waals surface area contributed by atoms with Crippen LogP contribution in [-0.2, 0) is 10.5 Å². The normalized spacial score (nSPS) is 29.8. The first-order valence-electron chi connectivity index (χ1n) is 6.82. The molecule has 2 heterocycles. The number of aliphatic hydroxyl groups is 3. The zero-order valence-corrected chi connectivity index (χ0v) is 13.2. The van der Waals surface area contributed by atoms with Crippen molar-refractivity contribution in [2.45, 2.75) is 30.2 Å². The third-order valence-electron chi connectivity index (χ3n) is 3.85. The molecule has 6 N–H and O–H groups in total. The number of rotatable bonds is 4. The van der Waals surface area contributed by atoms with Gasteiger partial charge < -0.3 is 25.8 Å². The maximum Gasteiger partial charge on any atom is 0.455 e. The summed E-state index contributed by atoms with van der Waals surface area (Å²) < 4.78 is 43.4. The lowest BCUT2D eigenvalue weighted by molar-refractivity contribution is -0.142. The molecule has 1 aliphatic heterocycles. The van der Waals surface area contributed by atoms with E-state index in [-0.39, 0.29) is 0 Å². The van der Waals surface area contributed by atoms with Crippen molar-refractivity contribution in [1.29, 1.82) is 0 Å². The number of ketones is 1. The average molecular weight is 385 g/mol. The average Bonchev–Trinajstić information content (AvgIpc) is 2.78. The molecule has 4 atom stereocenters. The van der Waals surface area contributed by atoms with Crippen LogP contribution in [0.3, 0.4) is 0 Å². The number of nitrogens with two attached hydrogens (primary N) is 1. The first kappa shape index (κ1) is 19.7. The van der Waals surface area contributed by atoms with Gasteiger partial charge in [0, 0.05) is 12.7 Å². The van der Waals surface area contributed by atoms with E-state index >= 15 is 0 Å². The molecule has 25 heavy (non-hydrogen) atoms. The van der Waals surface area contributed by atoms with Crippen LogP contribution in [0.4, 0.5) is 13.2 Å². The molecule has 0 amide bonds. The molecule has 1 saturated heterocycles. The van der Waals surface area contributed by atoms with Gasteiger partial charge in [-0.2, -0.15) is 13.2 Å². The molecule has 0 bridgehead atoms. The van der Waals surface area contributed by atoms with Gasteiger partial charge in [0.15, 0.2) is 10.5 Å². The number of carbonyl (C=O) groups excluding carboxylic acids is 1. The standard InChI is InChI=1S/C12H14F3N3O6S/c13-12(14,15)7(21)4-1-18(10(25)17-9(4)23)11(3-16)8(22)6(20)5(2-19)24-11/h1,5-6,8,19-20,22H,2-3,16H2,(H,17,23,25)/t5-,6-,8-,11-/m1/s1. The third kappa shape index (κ3) is 3.14. The number of hydrogen-bond acceptors (Lipinski definition) is 8. The first-order chi connectivity index (χ1) is 11.5. The van der Waals surface area contributed by atoms with E-state index in [1.54, 1.807) is 0 Å². The lowest BCUT2D eigenvalue weighted by Crippen LogP contribution is -2.52. The summed E-state index contributed by atoms with van der Waals surface area (Å²) in [6.45, 7) is -1.33. The van der Waals surface area contributed by atoms with Gasteiger partial charge >= 0.3 is 6.18 Å². The Morgan fingerprint density at radius 2 is 2.08 bits per heavy atom. The minimum atomic E-state index is -5.33. The number of carbonyl (C=O) groups is 1.